The SMILES string of the molecule is Nn1cnnc1N/N=C\c1ccccc1. The normalized spacial score (nSPS) is 10.7. The number of benzene rings is 1. The van der Waals surface area contributed by atoms with E-state index in [1.54, 1.807) is 6.21 Å². The highest BCUT2D eigenvalue weighted by Crippen LogP contribution is 1.97. The maximum Gasteiger partial charge on any atom is 0.263 e. The van der Waals surface area contributed by atoms with Crippen LogP contribution < -0.4 is 11.3 Å². The summed E-state index contributed by atoms with van der Waals surface area (Å²) in [6, 6.07) is 9.71. The average molecular weight is 202 g/mol. The van der Waals surface area contributed by atoms with Crippen LogP contribution in [-0.2, 0) is 0 Å². The molecule has 0 fully saturated rings. The predicted molar refractivity (Wildman–Crippen MR) is 57.8 cm³/mol. The van der Waals surface area contributed by atoms with Crippen LogP contribution in [0.1, 0.15) is 5.56 Å². The van der Waals surface area contributed by atoms with Crippen molar-refractivity contribution in [2.24, 2.45) is 5.10 Å². The van der Waals surface area contributed by atoms with Gasteiger partial charge in [-0.1, -0.05) is 30.3 Å². The van der Waals surface area contributed by atoms with Crippen molar-refractivity contribution in [1.82, 2.24) is 14.9 Å². The standard InChI is InChI=1S/C9H10N6/c10-15-7-12-14-9(15)13-11-6-8-4-2-1-3-5-8/h1-7H,10H2,(H,13,14)/b11-6-. The van der Waals surface area contributed by atoms with E-state index in [1.165, 1.54) is 11.0 Å². The van der Waals surface area contributed by atoms with Gasteiger partial charge in [-0.3, -0.25) is 0 Å². The molecule has 0 saturated carbocycles. The van der Waals surface area contributed by atoms with Gasteiger partial charge in [0.05, 0.1) is 6.21 Å². The van der Waals surface area contributed by atoms with Gasteiger partial charge in [0.15, 0.2) is 0 Å². The van der Waals surface area contributed by atoms with Crippen LogP contribution in [0, 0.1) is 0 Å². The number of nitrogens with zero attached hydrogens (tertiary/aromatic N) is 4. The Morgan fingerprint density at radius 3 is 2.80 bits per heavy atom. The topological polar surface area (TPSA) is 81.1 Å². The number of nitrogen functional groups attached to an aromatic ring is 1. The van der Waals surface area contributed by atoms with E-state index < -0.39 is 0 Å². The Balaban J connectivity index is 2.00. The second-order valence-electron chi connectivity index (χ2n) is 2.84. The second-order valence-corrected chi connectivity index (χ2v) is 2.84. The lowest BCUT2D eigenvalue weighted by molar-refractivity contribution is 0.988. The van der Waals surface area contributed by atoms with E-state index in [2.05, 4.69) is 20.7 Å². The first-order valence-electron chi connectivity index (χ1n) is 4.35. The molecule has 15 heavy (non-hydrogen) atoms. The third-order valence-corrected chi connectivity index (χ3v) is 1.75. The van der Waals surface area contributed by atoms with E-state index in [4.69, 9.17) is 5.84 Å². The van der Waals surface area contributed by atoms with Gasteiger partial charge < -0.3 is 5.84 Å². The van der Waals surface area contributed by atoms with E-state index in [0.29, 0.717) is 5.95 Å². The van der Waals surface area contributed by atoms with Gasteiger partial charge in [0.2, 0.25) is 0 Å². The van der Waals surface area contributed by atoms with Crippen molar-refractivity contribution in [3.05, 3.63) is 42.2 Å². The first-order chi connectivity index (χ1) is 7.36. The third-order valence-electron chi connectivity index (χ3n) is 1.75. The Morgan fingerprint density at radius 2 is 2.13 bits per heavy atom. The summed E-state index contributed by atoms with van der Waals surface area (Å²) in [5, 5.41) is 11.3. The van der Waals surface area contributed by atoms with Crippen LogP contribution in [0.5, 0.6) is 0 Å². The summed E-state index contributed by atoms with van der Waals surface area (Å²) in [5.74, 6) is 5.87. The molecular weight excluding hydrogens is 192 g/mol. The lowest BCUT2D eigenvalue weighted by Crippen LogP contribution is -2.10. The molecule has 0 aliphatic heterocycles. The summed E-state index contributed by atoms with van der Waals surface area (Å²) in [4.78, 5) is 0. The zero-order valence-electron chi connectivity index (χ0n) is 7.91. The molecule has 76 valence electrons. The van der Waals surface area contributed by atoms with E-state index >= 15 is 0 Å². The highest BCUT2D eigenvalue weighted by atomic mass is 15.5. The minimum atomic E-state index is 0.391. The number of rotatable bonds is 3. The van der Waals surface area contributed by atoms with E-state index in [9.17, 15) is 0 Å². The van der Waals surface area contributed by atoms with Crippen molar-refractivity contribution >= 4 is 12.2 Å². The molecule has 1 aromatic heterocycles. The Kier molecular flexibility index (Phi) is 2.59. The average Bonchev–Trinajstić information content (AvgIpc) is 2.66. The number of hydrogen-bond donors (Lipinski definition) is 2. The molecule has 0 amide bonds. The van der Waals surface area contributed by atoms with Crippen LogP contribution >= 0.6 is 0 Å². The first-order valence-corrected chi connectivity index (χ1v) is 4.35. The largest absolute Gasteiger partial charge is 0.335 e. The number of hydrogen-bond acceptors (Lipinski definition) is 5. The highest BCUT2D eigenvalue weighted by Gasteiger charge is 1.96. The molecule has 0 unspecified atom stereocenters. The van der Waals surface area contributed by atoms with Crippen molar-refractivity contribution in [2.75, 3.05) is 11.3 Å². The molecule has 0 saturated heterocycles. The Hall–Kier alpha value is -2.37. The van der Waals surface area contributed by atoms with Gasteiger partial charge in [0, 0.05) is 0 Å². The molecule has 0 aliphatic carbocycles. The lowest BCUT2D eigenvalue weighted by Gasteiger charge is -1.97. The molecule has 0 spiro atoms. The highest BCUT2D eigenvalue weighted by molar-refractivity contribution is 5.79. The predicted octanol–water partition coefficient (Wildman–Crippen LogP) is 0.438. The molecule has 1 heterocycles. The summed E-state index contributed by atoms with van der Waals surface area (Å²) in [6.07, 6.45) is 3.06. The van der Waals surface area contributed by atoms with Crippen molar-refractivity contribution in [3.8, 4) is 0 Å². The number of aromatic nitrogens is 3. The number of anilines is 1. The maximum absolute atomic E-state index is 5.48. The molecule has 0 aliphatic rings. The lowest BCUT2D eigenvalue weighted by atomic mass is 10.2. The molecule has 3 N–H and O–H groups in total. The first kappa shape index (κ1) is 9.20. The van der Waals surface area contributed by atoms with Crippen molar-refractivity contribution in [3.63, 3.8) is 0 Å². The molecule has 6 nitrogen and oxygen atoms in total. The van der Waals surface area contributed by atoms with Crippen molar-refractivity contribution < 1.29 is 0 Å². The Morgan fingerprint density at radius 1 is 1.33 bits per heavy atom. The van der Waals surface area contributed by atoms with Gasteiger partial charge in [-0.25, -0.2) is 10.1 Å². The minimum absolute atomic E-state index is 0.391. The van der Waals surface area contributed by atoms with Gasteiger partial charge in [0.1, 0.15) is 6.33 Å². The van der Waals surface area contributed by atoms with E-state index in [1.807, 2.05) is 30.3 Å². The number of nitrogens with one attached hydrogen (secondary N) is 1. The number of hydrazone groups is 1. The Bertz CT molecular complexity index is 447. The van der Waals surface area contributed by atoms with Gasteiger partial charge in [-0.2, -0.15) is 5.10 Å². The quantitative estimate of drug-likeness (QED) is 0.430. The third kappa shape index (κ3) is 2.31. The van der Waals surface area contributed by atoms with E-state index in [0.717, 1.165) is 5.56 Å². The molecule has 6 heteroatoms. The molecule has 0 bridgehead atoms. The summed E-state index contributed by atoms with van der Waals surface area (Å²) in [5.41, 5.74) is 3.67. The fourth-order valence-corrected chi connectivity index (χ4v) is 1.03. The molecule has 1 aromatic carbocycles. The Labute approximate surface area is 86.4 Å². The molecule has 2 rings (SSSR count). The van der Waals surface area contributed by atoms with Crippen LogP contribution in [0.3, 0.4) is 0 Å². The summed E-state index contributed by atoms with van der Waals surface area (Å²) < 4.78 is 1.25. The molecule has 2 aromatic rings. The smallest absolute Gasteiger partial charge is 0.263 e. The summed E-state index contributed by atoms with van der Waals surface area (Å²) in [6.45, 7) is 0. The molecule has 0 radical (unpaired) electrons. The van der Waals surface area contributed by atoms with Crippen LogP contribution in [0.15, 0.2) is 41.8 Å². The monoisotopic (exact) mass is 202 g/mol. The van der Waals surface area contributed by atoms with Gasteiger partial charge in [-0.05, 0) is 5.56 Å². The second kappa shape index (κ2) is 4.23. The fraction of sp³-hybridized carbons (Fsp3) is 0. The molecular formula is C9H10N6. The zero-order valence-corrected chi connectivity index (χ0v) is 7.91. The summed E-state index contributed by atoms with van der Waals surface area (Å²) in [7, 11) is 0. The van der Waals surface area contributed by atoms with Gasteiger partial charge in [-0.15, -0.1) is 10.2 Å². The van der Waals surface area contributed by atoms with Crippen molar-refractivity contribution in [1.29, 1.82) is 0 Å². The van der Waals surface area contributed by atoms with Crippen LogP contribution in [0.25, 0.3) is 0 Å². The van der Waals surface area contributed by atoms with Crippen molar-refractivity contribution in [2.45, 2.75) is 0 Å². The minimum Gasteiger partial charge on any atom is -0.335 e. The number of nitrogens with two attached hydrogens (primary N) is 1. The molecule has 0 atom stereocenters. The van der Waals surface area contributed by atoms with Gasteiger partial charge in [0.25, 0.3) is 5.95 Å². The van der Waals surface area contributed by atoms with Crippen LogP contribution in [0.4, 0.5) is 5.95 Å². The van der Waals surface area contributed by atoms with Crippen LogP contribution in [0.2, 0.25) is 0 Å². The van der Waals surface area contributed by atoms with E-state index in [-0.39, 0.29) is 0 Å². The fourth-order valence-electron chi connectivity index (χ4n) is 1.03. The summed E-state index contributed by atoms with van der Waals surface area (Å²) >= 11 is 0. The van der Waals surface area contributed by atoms with Gasteiger partial charge >= 0.3 is 0 Å². The zero-order chi connectivity index (χ0) is 10.5. The maximum atomic E-state index is 5.48. The van der Waals surface area contributed by atoms with Crippen LogP contribution in [-0.4, -0.2) is 21.1 Å².